The van der Waals surface area contributed by atoms with Crippen molar-refractivity contribution in [3.8, 4) is 0 Å². The minimum absolute atomic E-state index is 0. The average molecular weight is 513 g/mol. The lowest BCUT2D eigenvalue weighted by Crippen LogP contribution is -2.45. The van der Waals surface area contributed by atoms with Crippen LogP contribution in [0.4, 0.5) is 0 Å². The van der Waals surface area contributed by atoms with E-state index in [0.29, 0.717) is 23.5 Å². The highest BCUT2D eigenvalue weighted by atomic mass is 127. The van der Waals surface area contributed by atoms with Crippen LogP contribution >= 0.6 is 24.0 Å². The van der Waals surface area contributed by atoms with Gasteiger partial charge < -0.3 is 10.2 Å². The summed E-state index contributed by atoms with van der Waals surface area (Å²) in [5.74, 6) is 2.42. The second-order valence-corrected chi connectivity index (χ2v) is 10.9. The molecule has 0 aromatic rings. The van der Waals surface area contributed by atoms with E-state index < -0.39 is 9.84 Å². The van der Waals surface area contributed by atoms with Crippen LogP contribution in [0.5, 0.6) is 0 Å². The highest BCUT2D eigenvalue weighted by molar-refractivity contribution is 14.0. The van der Waals surface area contributed by atoms with Crippen molar-refractivity contribution in [1.82, 2.24) is 15.1 Å². The molecule has 3 saturated heterocycles. The number of piperidine rings is 1. The summed E-state index contributed by atoms with van der Waals surface area (Å²) in [6.45, 7) is 10.5. The fraction of sp³-hybridized carbons (Fsp3) is 0.947. The van der Waals surface area contributed by atoms with Gasteiger partial charge in [-0.15, -0.1) is 24.0 Å². The highest BCUT2D eigenvalue weighted by Crippen LogP contribution is 2.21. The molecule has 6 nitrogen and oxygen atoms in total. The first-order chi connectivity index (χ1) is 12.4. The lowest BCUT2D eigenvalue weighted by Gasteiger charge is -2.32. The molecule has 2 atom stereocenters. The van der Waals surface area contributed by atoms with E-state index in [-0.39, 0.29) is 29.9 Å². The van der Waals surface area contributed by atoms with Gasteiger partial charge in [-0.1, -0.05) is 20.3 Å². The molecule has 0 aromatic heterocycles. The molecule has 0 spiro atoms. The van der Waals surface area contributed by atoms with Gasteiger partial charge in [0.2, 0.25) is 0 Å². The van der Waals surface area contributed by atoms with Crippen LogP contribution in [0.25, 0.3) is 0 Å². The van der Waals surface area contributed by atoms with E-state index in [0.717, 1.165) is 38.6 Å². The predicted molar refractivity (Wildman–Crippen MR) is 123 cm³/mol. The molecule has 0 radical (unpaired) electrons. The van der Waals surface area contributed by atoms with E-state index in [1.165, 1.54) is 38.8 Å². The molecule has 27 heavy (non-hydrogen) atoms. The summed E-state index contributed by atoms with van der Waals surface area (Å²) in [4.78, 5) is 9.90. The average Bonchev–Trinajstić information content (AvgIpc) is 3.22. The van der Waals surface area contributed by atoms with E-state index in [4.69, 9.17) is 4.99 Å². The summed E-state index contributed by atoms with van der Waals surface area (Å²) >= 11 is 0. The topological polar surface area (TPSA) is 65.0 Å². The number of hydrogen-bond acceptors (Lipinski definition) is 4. The number of guanidine groups is 1. The molecule has 3 rings (SSSR count). The summed E-state index contributed by atoms with van der Waals surface area (Å²) < 4.78 is 23.4. The van der Waals surface area contributed by atoms with Gasteiger partial charge in [-0.3, -0.25) is 9.89 Å². The zero-order valence-electron chi connectivity index (χ0n) is 16.9. The molecule has 158 valence electrons. The maximum Gasteiger partial charge on any atom is 0.193 e. The molecule has 0 bridgehead atoms. The third kappa shape index (κ3) is 7.03. The Hall–Kier alpha value is -0.0900. The Balaban J connectivity index is 0.00000261. The van der Waals surface area contributed by atoms with Crippen LogP contribution in [0.15, 0.2) is 4.99 Å². The van der Waals surface area contributed by atoms with Crippen LogP contribution in [0.1, 0.15) is 46.0 Å². The van der Waals surface area contributed by atoms with Crippen molar-refractivity contribution in [2.45, 2.75) is 52.0 Å². The number of sulfone groups is 1. The van der Waals surface area contributed by atoms with Crippen molar-refractivity contribution in [1.29, 1.82) is 0 Å². The molecule has 3 aliphatic heterocycles. The fourth-order valence-corrected chi connectivity index (χ4v) is 6.18. The number of nitrogens with one attached hydrogen (secondary N) is 1. The molecule has 0 aromatic carbocycles. The molecule has 8 heteroatoms. The lowest BCUT2D eigenvalue weighted by atomic mass is 10.1. The third-order valence-corrected chi connectivity index (χ3v) is 7.69. The van der Waals surface area contributed by atoms with Crippen LogP contribution in [0, 0.1) is 11.8 Å². The number of likely N-dealkylation sites (tertiary alicyclic amines) is 2. The maximum atomic E-state index is 11.7. The molecular formula is C19H37IN4O2S. The van der Waals surface area contributed by atoms with Gasteiger partial charge in [0, 0.05) is 32.2 Å². The first-order valence-electron chi connectivity index (χ1n) is 10.4. The zero-order chi connectivity index (χ0) is 18.6. The summed E-state index contributed by atoms with van der Waals surface area (Å²) in [5, 5.41) is 3.51. The van der Waals surface area contributed by atoms with Crippen molar-refractivity contribution >= 4 is 39.8 Å². The maximum absolute atomic E-state index is 11.7. The van der Waals surface area contributed by atoms with Gasteiger partial charge >= 0.3 is 0 Å². The Bertz CT molecular complexity index is 591. The van der Waals surface area contributed by atoms with Gasteiger partial charge in [0.1, 0.15) is 0 Å². The Labute approximate surface area is 182 Å². The Morgan fingerprint density at radius 3 is 2.52 bits per heavy atom. The standard InChI is InChI=1S/C19H36N4O2S.HI/c1-16(2)12-20-19(21-13-17-7-11-26(24,25)15-17)23-10-6-18(14-23)22-8-4-3-5-9-22;/h16-18H,3-15H2,1-2H3,(H,20,21);1H. The van der Waals surface area contributed by atoms with Crippen LogP contribution in [0.2, 0.25) is 0 Å². The van der Waals surface area contributed by atoms with Gasteiger partial charge in [-0.25, -0.2) is 8.42 Å². The van der Waals surface area contributed by atoms with E-state index in [2.05, 4.69) is 29.0 Å². The highest BCUT2D eigenvalue weighted by Gasteiger charge is 2.31. The molecule has 3 heterocycles. The van der Waals surface area contributed by atoms with E-state index in [1.807, 2.05) is 0 Å². The van der Waals surface area contributed by atoms with Gasteiger partial charge in [-0.05, 0) is 50.6 Å². The zero-order valence-corrected chi connectivity index (χ0v) is 20.0. The SMILES string of the molecule is CC(C)CN=C(NCC1CCS(=O)(=O)C1)N1CCC(N2CCCCC2)C1.I. The van der Waals surface area contributed by atoms with Gasteiger partial charge in [0.05, 0.1) is 11.5 Å². The molecular weight excluding hydrogens is 475 g/mol. The third-order valence-electron chi connectivity index (χ3n) is 5.85. The quantitative estimate of drug-likeness (QED) is 0.348. The molecule has 1 N–H and O–H groups in total. The van der Waals surface area contributed by atoms with E-state index >= 15 is 0 Å². The first kappa shape index (κ1) is 23.2. The van der Waals surface area contributed by atoms with Crippen LogP contribution < -0.4 is 5.32 Å². The molecule has 2 unspecified atom stereocenters. The van der Waals surface area contributed by atoms with Crippen molar-refractivity contribution in [3.63, 3.8) is 0 Å². The number of hydrogen-bond donors (Lipinski definition) is 1. The summed E-state index contributed by atoms with van der Waals surface area (Å²) in [6, 6.07) is 0.646. The second kappa shape index (κ2) is 10.6. The van der Waals surface area contributed by atoms with Crippen LogP contribution in [0.3, 0.4) is 0 Å². The number of aliphatic imine (C=N–C) groups is 1. The monoisotopic (exact) mass is 512 g/mol. The molecule has 0 aliphatic carbocycles. The smallest absolute Gasteiger partial charge is 0.193 e. The van der Waals surface area contributed by atoms with Crippen molar-refractivity contribution < 1.29 is 8.42 Å². The Kier molecular flexibility index (Phi) is 9.12. The van der Waals surface area contributed by atoms with Gasteiger partial charge in [0.25, 0.3) is 0 Å². The number of nitrogens with zero attached hydrogens (tertiary/aromatic N) is 3. The van der Waals surface area contributed by atoms with Crippen LogP contribution in [-0.4, -0.2) is 81.0 Å². The minimum atomic E-state index is -2.81. The summed E-state index contributed by atoms with van der Waals surface area (Å²) in [6.07, 6.45) is 6.03. The fourth-order valence-electron chi connectivity index (χ4n) is 4.32. The molecule has 0 saturated carbocycles. The van der Waals surface area contributed by atoms with Gasteiger partial charge in [-0.2, -0.15) is 0 Å². The Morgan fingerprint density at radius 1 is 1.15 bits per heavy atom. The second-order valence-electron chi connectivity index (χ2n) is 8.69. The van der Waals surface area contributed by atoms with Crippen molar-refractivity contribution in [2.24, 2.45) is 16.8 Å². The van der Waals surface area contributed by atoms with Gasteiger partial charge in [0.15, 0.2) is 15.8 Å². The van der Waals surface area contributed by atoms with E-state index in [9.17, 15) is 8.42 Å². The minimum Gasteiger partial charge on any atom is -0.356 e. The predicted octanol–water partition coefficient (Wildman–Crippen LogP) is 2.20. The number of halogens is 1. The van der Waals surface area contributed by atoms with Crippen molar-refractivity contribution in [2.75, 3.05) is 50.8 Å². The molecule has 3 fully saturated rings. The van der Waals surface area contributed by atoms with Crippen LogP contribution in [-0.2, 0) is 9.84 Å². The molecule has 0 amide bonds. The molecule has 3 aliphatic rings. The Morgan fingerprint density at radius 2 is 1.89 bits per heavy atom. The normalized spacial score (nSPS) is 29.1. The summed E-state index contributed by atoms with van der Waals surface area (Å²) in [5.41, 5.74) is 0. The van der Waals surface area contributed by atoms with Crippen molar-refractivity contribution in [3.05, 3.63) is 0 Å². The largest absolute Gasteiger partial charge is 0.356 e. The lowest BCUT2D eigenvalue weighted by molar-refractivity contribution is 0.168. The first-order valence-corrected chi connectivity index (χ1v) is 12.2. The van der Waals surface area contributed by atoms with E-state index in [1.54, 1.807) is 0 Å². The summed E-state index contributed by atoms with van der Waals surface area (Å²) in [7, 11) is -2.81. The number of rotatable bonds is 5.